The Labute approximate surface area is 59.6 Å². The second kappa shape index (κ2) is 5.66. The topological polar surface area (TPSA) is 17.1 Å². The Morgan fingerprint density at radius 2 is 2.00 bits per heavy atom. The number of hydrogen-bond donors (Lipinski definition) is 0. The standard InChI is InChI=1S/C3H3O.2Rh/c1-2-3-4;;/h2H,1H2;;. The van der Waals surface area contributed by atoms with Gasteiger partial charge in [0.2, 0.25) is 0 Å². The predicted molar refractivity (Wildman–Crippen MR) is 15.2 cm³/mol. The summed E-state index contributed by atoms with van der Waals surface area (Å²) in [6, 6.07) is 0. The summed E-state index contributed by atoms with van der Waals surface area (Å²) in [6.45, 7) is 3.18. The third-order valence-electron chi connectivity index (χ3n) is 0.151. The Hall–Kier alpha value is 0.657. The van der Waals surface area contributed by atoms with Crippen molar-refractivity contribution in [1.29, 1.82) is 0 Å². The molecule has 1 radical (unpaired) electrons. The van der Waals surface area contributed by atoms with Crippen LogP contribution < -0.4 is 0 Å². The first-order chi connectivity index (χ1) is 2.27. The Bertz CT molecular complexity index is 59.8. The van der Waals surface area contributed by atoms with Crippen molar-refractivity contribution in [3.63, 3.8) is 0 Å². The van der Waals surface area contributed by atoms with Gasteiger partial charge in [0.15, 0.2) is 0 Å². The molecule has 0 aromatic rings. The molecule has 0 aliphatic heterocycles. The summed E-state index contributed by atoms with van der Waals surface area (Å²) in [5.41, 5.74) is 0. The SMILES string of the molecule is C=C[C](=O)[Rh].[Rh]. The molecule has 0 aromatic heterocycles. The van der Waals surface area contributed by atoms with E-state index in [1.54, 1.807) is 0 Å². The summed E-state index contributed by atoms with van der Waals surface area (Å²) in [7, 11) is 0. The van der Waals surface area contributed by atoms with Gasteiger partial charge in [0.1, 0.15) is 0 Å². The van der Waals surface area contributed by atoms with E-state index in [-0.39, 0.29) is 23.9 Å². The second-order valence-corrected chi connectivity index (χ2v) is 1.29. The van der Waals surface area contributed by atoms with Crippen LogP contribution in [0.3, 0.4) is 0 Å². The van der Waals surface area contributed by atoms with E-state index in [0.717, 1.165) is 0 Å². The van der Waals surface area contributed by atoms with E-state index in [1.165, 1.54) is 6.08 Å². The fraction of sp³-hybridized carbons (Fsp3) is 0. The molecule has 0 atom stereocenters. The summed E-state index contributed by atoms with van der Waals surface area (Å²) in [4.78, 5) is 9.65. The van der Waals surface area contributed by atoms with Crippen LogP contribution in [-0.2, 0) is 42.6 Å². The summed E-state index contributed by atoms with van der Waals surface area (Å²) >= 11 is 2.14. The van der Waals surface area contributed by atoms with Crippen molar-refractivity contribution in [2.75, 3.05) is 0 Å². The predicted octanol–water partition coefficient (Wildman–Crippen LogP) is 0.243. The molecule has 0 saturated carbocycles. The molecule has 0 spiro atoms. The number of carbonyl (C=O) groups is 1. The molecule has 1 nitrogen and oxygen atoms in total. The van der Waals surface area contributed by atoms with E-state index in [0.29, 0.717) is 0 Å². The van der Waals surface area contributed by atoms with Gasteiger partial charge < -0.3 is 0 Å². The molecule has 39 valence electrons. The molecule has 0 aliphatic carbocycles. The Kier molecular flexibility index (Phi) is 9.26. The summed E-state index contributed by atoms with van der Waals surface area (Å²) in [5.74, 6) is 0. The van der Waals surface area contributed by atoms with Crippen LogP contribution >= 0.6 is 0 Å². The van der Waals surface area contributed by atoms with Crippen LogP contribution in [0.5, 0.6) is 0 Å². The maximum atomic E-state index is 9.65. The molecule has 0 saturated heterocycles. The van der Waals surface area contributed by atoms with Gasteiger partial charge in [0, 0.05) is 19.5 Å². The first-order valence-corrected chi connectivity index (χ1v) is 1.89. The quantitative estimate of drug-likeness (QED) is 0.488. The first kappa shape index (κ1) is 9.82. The third-order valence-corrected chi connectivity index (χ3v) is 0.486. The van der Waals surface area contributed by atoms with Gasteiger partial charge in [0.25, 0.3) is 0 Å². The van der Waals surface area contributed by atoms with E-state index in [4.69, 9.17) is 0 Å². The number of allylic oxidation sites excluding steroid dienone is 1. The van der Waals surface area contributed by atoms with Crippen LogP contribution in [0.15, 0.2) is 12.7 Å². The van der Waals surface area contributed by atoms with Crippen molar-refractivity contribution in [3.05, 3.63) is 12.7 Å². The molecule has 0 aromatic carbocycles. The molecule has 0 heterocycles. The number of hydrogen-bond acceptors (Lipinski definition) is 1. The maximum absolute atomic E-state index is 9.65. The molecule has 0 rings (SSSR count). The third kappa shape index (κ3) is 8.82. The van der Waals surface area contributed by atoms with Gasteiger partial charge in [0.05, 0.1) is 0 Å². The van der Waals surface area contributed by atoms with E-state index >= 15 is 0 Å². The zero-order chi connectivity index (χ0) is 4.28. The summed E-state index contributed by atoms with van der Waals surface area (Å²) in [6.07, 6.45) is 1.23. The molecule has 6 heavy (non-hydrogen) atoms. The smallest absolute Gasteiger partial charge is 0 e. The average Bonchev–Trinajstić information content (AvgIpc) is 1.38. The van der Waals surface area contributed by atoms with Crippen LogP contribution in [0.4, 0.5) is 0 Å². The minimum atomic E-state index is -0.0915. The molecular formula is C3H3ORh2. The van der Waals surface area contributed by atoms with Crippen LogP contribution in [0.1, 0.15) is 0 Å². The summed E-state index contributed by atoms with van der Waals surface area (Å²) < 4.78 is -0.0915. The Morgan fingerprint density at radius 3 is 2.00 bits per heavy atom. The second-order valence-electron chi connectivity index (χ2n) is 0.486. The monoisotopic (exact) mass is 261 g/mol. The fourth-order valence-corrected chi connectivity index (χ4v) is 0. The van der Waals surface area contributed by atoms with Crippen molar-refractivity contribution >= 4 is 4.38 Å². The summed E-state index contributed by atoms with van der Waals surface area (Å²) in [5, 5.41) is 0. The zero-order valence-corrected chi connectivity index (χ0v) is 6.14. The van der Waals surface area contributed by atoms with Crippen molar-refractivity contribution in [2.45, 2.75) is 0 Å². The molecule has 0 unspecified atom stereocenters. The van der Waals surface area contributed by atoms with Gasteiger partial charge in [-0.25, -0.2) is 0 Å². The van der Waals surface area contributed by atoms with Crippen LogP contribution in [0.2, 0.25) is 0 Å². The average molecular weight is 261 g/mol. The zero-order valence-electron chi connectivity index (χ0n) is 2.86. The molecule has 0 amide bonds. The Morgan fingerprint density at radius 1 is 1.83 bits per heavy atom. The van der Waals surface area contributed by atoms with Gasteiger partial charge >= 0.3 is 40.1 Å². The number of rotatable bonds is 1. The van der Waals surface area contributed by atoms with Crippen LogP contribution in [0, 0.1) is 0 Å². The van der Waals surface area contributed by atoms with Gasteiger partial charge in [-0.05, 0) is 0 Å². The maximum Gasteiger partial charge on any atom is 0 e. The fourth-order valence-electron chi connectivity index (χ4n) is 0. The molecular weight excluding hydrogens is 258 g/mol. The van der Waals surface area contributed by atoms with Crippen molar-refractivity contribution in [3.8, 4) is 0 Å². The van der Waals surface area contributed by atoms with Crippen molar-refractivity contribution < 1.29 is 42.6 Å². The van der Waals surface area contributed by atoms with Crippen LogP contribution in [-0.4, -0.2) is 4.38 Å². The minimum Gasteiger partial charge on any atom is 0 e. The van der Waals surface area contributed by atoms with Crippen LogP contribution in [0.25, 0.3) is 0 Å². The molecule has 3 heteroatoms. The van der Waals surface area contributed by atoms with Gasteiger partial charge in [-0.1, -0.05) is 0 Å². The van der Waals surface area contributed by atoms with E-state index in [9.17, 15) is 4.79 Å². The normalized spacial score (nSPS) is 5.67. The van der Waals surface area contributed by atoms with Gasteiger partial charge in [-0.2, -0.15) is 0 Å². The largest absolute Gasteiger partial charge is 0 e. The molecule has 0 fully saturated rings. The molecule has 0 bridgehead atoms. The number of carbonyl (C=O) groups excluding carboxylic acids is 1. The van der Waals surface area contributed by atoms with Gasteiger partial charge in [-0.3, -0.25) is 0 Å². The van der Waals surface area contributed by atoms with E-state index in [2.05, 4.69) is 24.9 Å². The Balaban J connectivity index is 0. The van der Waals surface area contributed by atoms with Gasteiger partial charge in [-0.15, -0.1) is 0 Å². The first-order valence-electron chi connectivity index (χ1n) is 1.07. The molecule has 0 N–H and O–H groups in total. The minimum absolute atomic E-state index is 0. The van der Waals surface area contributed by atoms with Crippen molar-refractivity contribution in [2.24, 2.45) is 0 Å². The van der Waals surface area contributed by atoms with Crippen molar-refractivity contribution in [1.82, 2.24) is 0 Å². The van der Waals surface area contributed by atoms with E-state index < -0.39 is 0 Å². The van der Waals surface area contributed by atoms with E-state index in [1.807, 2.05) is 0 Å². The molecule has 0 aliphatic rings.